The van der Waals surface area contributed by atoms with Gasteiger partial charge in [0.15, 0.2) is 0 Å². The summed E-state index contributed by atoms with van der Waals surface area (Å²) in [4.78, 5) is 13.4. The van der Waals surface area contributed by atoms with Gasteiger partial charge in [-0.05, 0) is 93.6 Å². The molecule has 1 aromatic rings. The molecule has 2 aliphatic carbocycles. The second-order valence-electron chi connectivity index (χ2n) is 9.18. The van der Waals surface area contributed by atoms with Gasteiger partial charge in [0.05, 0.1) is 13.2 Å². The van der Waals surface area contributed by atoms with Crippen LogP contribution in [0.25, 0.3) is 0 Å². The third kappa shape index (κ3) is 5.41. The molecule has 1 heterocycles. The van der Waals surface area contributed by atoms with E-state index in [-0.39, 0.29) is 23.4 Å². The molecule has 4 atom stereocenters. The molecule has 0 radical (unpaired) electrons. The molecular weight excluding hydrogens is 387 g/mol. The molecule has 0 aliphatic heterocycles. The summed E-state index contributed by atoms with van der Waals surface area (Å²) in [6.07, 6.45) is 11.1. The van der Waals surface area contributed by atoms with E-state index in [4.69, 9.17) is 4.74 Å². The van der Waals surface area contributed by atoms with Gasteiger partial charge in [0.2, 0.25) is 0 Å². The van der Waals surface area contributed by atoms with Crippen molar-refractivity contribution in [1.29, 1.82) is 0 Å². The first-order valence-corrected chi connectivity index (χ1v) is 12.3. The van der Waals surface area contributed by atoms with Crippen molar-refractivity contribution in [2.45, 2.75) is 96.2 Å². The van der Waals surface area contributed by atoms with Crippen molar-refractivity contribution in [3.05, 3.63) is 21.9 Å². The lowest BCUT2D eigenvalue weighted by atomic mass is 9.62. The van der Waals surface area contributed by atoms with Crippen LogP contribution in [0.2, 0.25) is 0 Å². The number of hydrogen-bond acceptors (Lipinski definition) is 4. The van der Waals surface area contributed by atoms with Crippen LogP contribution in [0.1, 0.15) is 92.1 Å². The Bertz CT molecular complexity index is 649. The predicted octanol–water partition coefficient (Wildman–Crippen LogP) is 6.33. The zero-order valence-corrected chi connectivity index (χ0v) is 18.8. The Morgan fingerprint density at radius 1 is 1.31 bits per heavy atom. The molecule has 1 unspecified atom stereocenters. The number of thiophene rings is 1. The summed E-state index contributed by atoms with van der Waals surface area (Å²) < 4.78 is 19.3. The fourth-order valence-corrected chi connectivity index (χ4v) is 6.51. The van der Waals surface area contributed by atoms with Gasteiger partial charge in [-0.25, -0.2) is 9.18 Å². The lowest BCUT2D eigenvalue weighted by Gasteiger charge is -2.45. The quantitative estimate of drug-likeness (QED) is 0.422. The minimum absolute atomic E-state index is 0.161. The lowest BCUT2D eigenvalue weighted by molar-refractivity contribution is -0.0440. The van der Waals surface area contributed by atoms with Gasteiger partial charge in [0.25, 0.3) is 0 Å². The van der Waals surface area contributed by atoms with E-state index in [9.17, 15) is 14.3 Å². The minimum atomic E-state index is -0.673. The largest absolute Gasteiger partial charge is 0.465 e. The zero-order valence-electron chi connectivity index (χ0n) is 18.0. The first kappa shape index (κ1) is 22.7. The molecule has 0 amide bonds. The van der Waals surface area contributed by atoms with E-state index in [2.05, 4.69) is 6.92 Å². The molecule has 1 N–H and O–H groups in total. The molecule has 3 rings (SSSR count). The molecule has 2 fully saturated rings. The van der Waals surface area contributed by atoms with Crippen LogP contribution in [-0.4, -0.2) is 30.5 Å². The van der Waals surface area contributed by atoms with E-state index in [0.717, 1.165) is 64.2 Å². The highest BCUT2D eigenvalue weighted by atomic mass is 32.1. The normalized spacial score (nSPS) is 26.8. The van der Waals surface area contributed by atoms with E-state index in [1.54, 1.807) is 0 Å². The number of hydrogen-bond donors (Lipinski definition) is 1. The number of aliphatic hydroxyl groups excluding tert-OH is 1. The Kier molecular flexibility index (Phi) is 8.15. The lowest BCUT2D eigenvalue weighted by Crippen LogP contribution is -2.40. The van der Waals surface area contributed by atoms with Crippen molar-refractivity contribution in [1.82, 2.24) is 0 Å². The molecule has 5 heteroatoms. The number of alkyl halides is 1. The number of esters is 1. The van der Waals surface area contributed by atoms with Crippen molar-refractivity contribution in [2.75, 3.05) is 7.11 Å². The fraction of sp³-hybridized carbons (Fsp3) is 0.792. The molecule has 0 saturated heterocycles. The number of carbonyl (C=O) groups is 1. The van der Waals surface area contributed by atoms with E-state index >= 15 is 0 Å². The summed E-state index contributed by atoms with van der Waals surface area (Å²) in [5.74, 6) is 0.354. The van der Waals surface area contributed by atoms with Gasteiger partial charge in [-0.15, -0.1) is 11.3 Å². The smallest absolute Gasteiger partial charge is 0.348 e. The topological polar surface area (TPSA) is 46.5 Å². The van der Waals surface area contributed by atoms with Gasteiger partial charge in [-0.1, -0.05) is 19.8 Å². The van der Waals surface area contributed by atoms with Crippen LogP contribution in [0.15, 0.2) is 12.1 Å². The van der Waals surface area contributed by atoms with Crippen molar-refractivity contribution in [3.63, 3.8) is 0 Å². The maximum absolute atomic E-state index is 14.5. The third-order valence-electron chi connectivity index (χ3n) is 7.70. The monoisotopic (exact) mass is 424 g/mol. The number of carbonyl (C=O) groups excluding carboxylic acids is 1. The van der Waals surface area contributed by atoms with Crippen molar-refractivity contribution < 1.29 is 19.0 Å². The van der Waals surface area contributed by atoms with Crippen LogP contribution in [0.5, 0.6) is 0 Å². The SMILES string of the molecule is CCC1(C(O)CCC[C@@H]2[C@@H](CCCc3ccc(C(=O)OC)s3)CC[C@@H]2F)CCC1. The second kappa shape index (κ2) is 10.4. The van der Waals surface area contributed by atoms with Gasteiger partial charge in [0, 0.05) is 4.88 Å². The van der Waals surface area contributed by atoms with Crippen LogP contribution in [0.4, 0.5) is 4.39 Å². The molecule has 0 bridgehead atoms. The van der Waals surface area contributed by atoms with Crippen LogP contribution < -0.4 is 0 Å². The summed E-state index contributed by atoms with van der Waals surface area (Å²) in [5, 5.41) is 10.6. The van der Waals surface area contributed by atoms with Gasteiger partial charge in [-0.2, -0.15) is 0 Å². The highest BCUT2D eigenvalue weighted by molar-refractivity contribution is 7.13. The number of aryl methyl sites for hydroxylation is 1. The summed E-state index contributed by atoms with van der Waals surface area (Å²) in [7, 11) is 1.41. The predicted molar refractivity (Wildman–Crippen MR) is 116 cm³/mol. The molecule has 2 saturated carbocycles. The zero-order chi connectivity index (χ0) is 20.9. The maximum Gasteiger partial charge on any atom is 0.348 e. The Hall–Kier alpha value is -0.940. The Morgan fingerprint density at radius 3 is 2.76 bits per heavy atom. The Labute approximate surface area is 179 Å². The van der Waals surface area contributed by atoms with Crippen molar-refractivity contribution in [3.8, 4) is 0 Å². The van der Waals surface area contributed by atoms with Crippen LogP contribution in [0.3, 0.4) is 0 Å². The Morgan fingerprint density at radius 2 is 2.10 bits per heavy atom. The molecular formula is C24H37FO3S. The molecule has 164 valence electrons. The van der Waals surface area contributed by atoms with Crippen LogP contribution >= 0.6 is 11.3 Å². The van der Waals surface area contributed by atoms with Gasteiger partial charge in [0.1, 0.15) is 11.0 Å². The van der Waals surface area contributed by atoms with Crippen LogP contribution in [0, 0.1) is 17.3 Å². The average molecular weight is 425 g/mol. The standard InChI is InChI=1S/C24H37FO3S/c1-3-24(15-6-16-24)22(26)10-5-9-19-17(11-13-20(19)25)7-4-8-18-12-14-21(29-18)23(27)28-2/h12,14,17,19-20,22,26H,3-11,13,15-16H2,1-2H3/t17-,19+,20-,22?/m0/s1. The average Bonchev–Trinajstić information content (AvgIpc) is 3.29. The minimum Gasteiger partial charge on any atom is -0.465 e. The molecule has 1 aromatic heterocycles. The second-order valence-corrected chi connectivity index (χ2v) is 10.4. The highest BCUT2D eigenvalue weighted by Gasteiger charge is 2.42. The van der Waals surface area contributed by atoms with E-state index in [1.807, 2.05) is 12.1 Å². The van der Waals surface area contributed by atoms with E-state index < -0.39 is 6.17 Å². The summed E-state index contributed by atoms with van der Waals surface area (Å²) in [6, 6.07) is 3.84. The maximum atomic E-state index is 14.5. The fourth-order valence-electron chi connectivity index (χ4n) is 5.54. The number of rotatable bonds is 11. The third-order valence-corrected chi connectivity index (χ3v) is 8.83. The van der Waals surface area contributed by atoms with Crippen LogP contribution in [-0.2, 0) is 11.2 Å². The molecule has 3 nitrogen and oxygen atoms in total. The first-order chi connectivity index (χ1) is 14.0. The van der Waals surface area contributed by atoms with Gasteiger partial charge < -0.3 is 9.84 Å². The molecule has 0 spiro atoms. The molecule has 2 aliphatic rings. The Balaban J connectivity index is 1.41. The summed E-state index contributed by atoms with van der Waals surface area (Å²) >= 11 is 1.50. The molecule has 0 aromatic carbocycles. The van der Waals surface area contributed by atoms with Crippen molar-refractivity contribution >= 4 is 17.3 Å². The van der Waals surface area contributed by atoms with E-state index in [1.165, 1.54) is 29.7 Å². The van der Waals surface area contributed by atoms with Gasteiger partial charge >= 0.3 is 5.97 Å². The first-order valence-electron chi connectivity index (χ1n) is 11.5. The summed E-state index contributed by atoms with van der Waals surface area (Å²) in [5.41, 5.74) is 0.161. The van der Waals surface area contributed by atoms with Crippen molar-refractivity contribution in [2.24, 2.45) is 17.3 Å². The number of methoxy groups -OCH3 is 1. The van der Waals surface area contributed by atoms with Gasteiger partial charge in [-0.3, -0.25) is 0 Å². The summed E-state index contributed by atoms with van der Waals surface area (Å²) in [6.45, 7) is 2.19. The number of aliphatic hydroxyl groups is 1. The number of halogens is 1. The van der Waals surface area contributed by atoms with E-state index in [0.29, 0.717) is 17.2 Å². The highest BCUT2D eigenvalue weighted by Crippen LogP contribution is 2.48. The molecule has 29 heavy (non-hydrogen) atoms. The number of ether oxygens (including phenoxy) is 1.